The molecule has 0 aliphatic rings. The highest BCUT2D eigenvalue weighted by Gasteiger charge is 2.12. The molecular weight excluding hydrogens is 311 g/mol. The average Bonchev–Trinajstić information content (AvgIpc) is 2.36. The summed E-state index contributed by atoms with van der Waals surface area (Å²) in [5.41, 5.74) is 2.28. The molecule has 1 aromatic heterocycles. The molecule has 1 N–H and O–H groups in total. The Labute approximate surface area is 119 Å². The summed E-state index contributed by atoms with van der Waals surface area (Å²) in [7, 11) is 0. The van der Waals surface area contributed by atoms with Crippen molar-refractivity contribution in [2.75, 3.05) is 5.32 Å². The van der Waals surface area contributed by atoms with Crippen molar-refractivity contribution >= 4 is 27.5 Å². The third-order valence-electron chi connectivity index (χ3n) is 2.64. The third-order valence-corrected chi connectivity index (χ3v) is 3.47. The lowest BCUT2D eigenvalue weighted by Crippen LogP contribution is -2.14. The van der Waals surface area contributed by atoms with Crippen LogP contribution in [0.15, 0.2) is 35.1 Å². The minimum atomic E-state index is -0.537. The van der Waals surface area contributed by atoms with Gasteiger partial charge in [0.05, 0.1) is 17.4 Å². The van der Waals surface area contributed by atoms with Gasteiger partial charge in [0.15, 0.2) is 0 Å². The summed E-state index contributed by atoms with van der Waals surface area (Å²) in [6.45, 7) is 3.67. The van der Waals surface area contributed by atoms with Gasteiger partial charge in [0.1, 0.15) is 10.4 Å². The van der Waals surface area contributed by atoms with Crippen LogP contribution in [-0.2, 0) is 0 Å². The Morgan fingerprint density at radius 2 is 2.05 bits per heavy atom. The molecule has 1 heterocycles. The predicted molar refractivity (Wildman–Crippen MR) is 75.8 cm³/mol. The van der Waals surface area contributed by atoms with Crippen molar-refractivity contribution in [1.82, 2.24) is 4.98 Å². The molecular formula is C14H12BrFN2O. The van der Waals surface area contributed by atoms with Gasteiger partial charge < -0.3 is 5.32 Å². The zero-order valence-corrected chi connectivity index (χ0v) is 12.1. The zero-order chi connectivity index (χ0) is 14.0. The number of aryl methyl sites for hydroxylation is 2. The van der Waals surface area contributed by atoms with Crippen LogP contribution < -0.4 is 5.32 Å². The molecule has 19 heavy (non-hydrogen) atoms. The number of hydrogen-bond acceptors (Lipinski definition) is 2. The predicted octanol–water partition coefficient (Wildman–Crippen LogP) is 3.85. The summed E-state index contributed by atoms with van der Waals surface area (Å²) in [5, 5.41) is 2.63. The number of pyridine rings is 1. The molecule has 1 aromatic carbocycles. The standard InChI is InChI=1S/C14H12BrFN2O/c1-8-3-4-12(16)11(5-8)14(19)18-10-6-9(2)13(15)17-7-10/h3-7H,1-2H3,(H,18,19). The molecule has 0 saturated carbocycles. The van der Waals surface area contributed by atoms with E-state index in [1.54, 1.807) is 12.1 Å². The molecule has 5 heteroatoms. The van der Waals surface area contributed by atoms with E-state index in [0.29, 0.717) is 10.3 Å². The second-order valence-corrected chi connectivity index (χ2v) is 5.02. The van der Waals surface area contributed by atoms with Crippen LogP contribution in [0.5, 0.6) is 0 Å². The van der Waals surface area contributed by atoms with E-state index in [0.717, 1.165) is 11.1 Å². The van der Waals surface area contributed by atoms with Gasteiger partial charge in [0.25, 0.3) is 5.91 Å². The Hall–Kier alpha value is -1.75. The van der Waals surface area contributed by atoms with Crippen molar-refractivity contribution < 1.29 is 9.18 Å². The van der Waals surface area contributed by atoms with Gasteiger partial charge in [-0.15, -0.1) is 0 Å². The molecule has 0 spiro atoms. The Kier molecular flexibility index (Phi) is 3.95. The number of nitrogens with zero attached hydrogens (tertiary/aromatic N) is 1. The smallest absolute Gasteiger partial charge is 0.258 e. The van der Waals surface area contributed by atoms with Gasteiger partial charge in [0.2, 0.25) is 0 Å². The molecule has 3 nitrogen and oxygen atoms in total. The second kappa shape index (κ2) is 5.48. The number of benzene rings is 1. The molecule has 0 fully saturated rings. The van der Waals surface area contributed by atoms with Crippen molar-refractivity contribution in [2.45, 2.75) is 13.8 Å². The second-order valence-electron chi connectivity index (χ2n) is 4.27. The van der Waals surface area contributed by atoms with E-state index in [2.05, 4.69) is 26.2 Å². The zero-order valence-electron chi connectivity index (χ0n) is 10.5. The highest BCUT2D eigenvalue weighted by atomic mass is 79.9. The minimum Gasteiger partial charge on any atom is -0.320 e. The number of aromatic nitrogens is 1. The number of anilines is 1. The lowest BCUT2D eigenvalue weighted by atomic mass is 10.1. The van der Waals surface area contributed by atoms with Crippen LogP contribution in [0.4, 0.5) is 10.1 Å². The molecule has 0 unspecified atom stereocenters. The topological polar surface area (TPSA) is 42.0 Å². The Balaban J connectivity index is 2.25. The van der Waals surface area contributed by atoms with Gasteiger partial charge in [0, 0.05) is 0 Å². The molecule has 0 aliphatic carbocycles. The van der Waals surface area contributed by atoms with Crippen LogP contribution in [0.2, 0.25) is 0 Å². The van der Waals surface area contributed by atoms with Gasteiger partial charge in [-0.2, -0.15) is 0 Å². The molecule has 2 rings (SSSR count). The van der Waals surface area contributed by atoms with Crippen LogP contribution in [0.25, 0.3) is 0 Å². The number of nitrogens with one attached hydrogen (secondary N) is 1. The first-order chi connectivity index (χ1) is 8.97. The number of rotatable bonds is 2. The van der Waals surface area contributed by atoms with E-state index in [1.807, 2.05) is 13.8 Å². The van der Waals surface area contributed by atoms with Crippen LogP contribution in [-0.4, -0.2) is 10.9 Å². The summed E-state index contributed by atoms with van der Waals surface area (Å²) < 4.78 is 14.3. The maximum atomic E-state index is 13.6. The van der Waals surface area contributed by atoms with Gasteiger partial charge in [-0.25, -0.2) is 9.37 Å². The molecule has 98 valence electrons. The number of amides is 1. The Morgan fingerprint density at radius 1 is 1.32 bits per heavy atom. The number of halogens is 2. The molecule has 0 aliphatic heterocycles. The molecule has 0 atom stereocenters. The molecule has 0 bridgehead atoms. The van der Waals surface area contributed by atoms with Gasteiger partial charge >= 0.3 is 0 Å². The summed E-state index contributed by atoms with van der Waals surface area (Å²) in [4.78, 5) is 16.1. The quantitative estimate of drug-likeness (QED) is 0.853. The highest BCUT2D eigenvalue weighted by molar-refractivity contribution is 9.10. The normalized spacial score (nSPS) is 10.3. The Morgan fingerprint density at radius 3 is 2.74 bits per heavy atom. The fraction of sp³-hybridized carbons (Fsp3) is 0.143. The van der Waals surface area contributed by atoms with Crippen molar-refractivity contribution in [3.05, 3.63) is 57.6 Å². The van der Waals surface area contributed by atoms with E-state index < -0.39 is 11.7 Å². The molecule has 0 saturated heterocycles. The lowest BCUT2D eigenvalue weighted by molar-refractivity contribution is 0.102. The van der Waals surface area contributed by atoms with Gasteiger partial charge in [-0.1, -0.05) is 11.6 Å². The minimum absolute atomic E-state index is 0.0283. The van der Waals surface area contributed by atoms with Crippen LogP contribution in [0, 0.1) is 19.7 Å². The molecule has 2 aromatic rings. The van der Waals surface area contributed by atoms with Crippen LogP contribution in [0.3, 0.4) is 0 Å². The van der Waals surface area contributed by atoms with E-state index in [4.69, 9.17) is 0 Å². The van der Waals surface area contributed by atoms with E-state index in [1.165, 1.54) is 18.3 Å². The number of carbonyl (C=O) groups is 1. The van der Waals surface area contributed by atoms with Gasteiger partial charge in [-0.05, 0) is 53.5 Å². The number of hydrogen-bond donors (Lipinski definition) is 1. The van der Waals surface area contributed by atoms with E-state index in [-0.39, 0.29) is 5.56 Å². The average molecular weight is 323 g/mol. The summed E-state index contributed by atoms with van der Waals surface area (Å²) >= 11 is 3.28. The maximum Gasteiger partial charge on any atom is 0.258 e. The summed E-state index contributed by atoms with van der Waals surface area (Å²) in [6.07, 6.45) is 1.52. The van der Waals surface area contributed by atoms with Crippen molar-refractivity contribution in [3.8, 4) is 0 Å². The van der Waals surface area contributed by atoms with Gasteiger partial charge in [-0.3, -0.25) is 4.79 Å². The Bertz CT molecular complexity index is 643. The lowest BCUT2D eigenvalue weighted by Gasteiger charge is -2.08. The molecule has 1 amide bonds. The monoisotopic (exact) mass is 322 g/mol. The molecule has 0 radical (unpaired) electrons. The third kappa shape index (κ3) is 3.17. The largest absolute Gasteiger partial charge is 0.320 e. The van der Waals surface area contributed by atoms with Crippen LogP contribution >= 0.6 is 15.9 Å². The fourth-order valence-corrected chi connectivity index (χ4v) is 1.85. The van der Waals surface area contributed by atoms with E-state index in [9.17, 15) is 9.18 Å². The van der Waals surface area contributed by atoms with Crippen molar-refractivity contribution in [2.24, 2.45) is 0 Å². The summed E-state index contributed by atoms with van der Waals surface area (Å²) in [6, 6.07) is 6.19. The van der Waals surface area contributed by atoms with Crippen molar-refractivity contribution in [1.29, 1.82) is 0 Å². The summed E-state index contributed by atoms with van der Waals surface area (Å²) in [5.74, 6) is -1.02. The first-order valence-electron chi connectivity index (χ1n) is 5.67. The van der Waals surface area contributed by atoms with E-state index >= 15 is 0 Å². The van der Waals surface area contributed by atoms with Crippen molar-refractivity contribution in [3.63, 3.8) is 0 Å². The first kappa shape index (κ1) is 13.7. The first-order valence-corrected chi connectivity index (χ1v) is 6.46. The van der Waals surface area contributed by atoms with Crippen LogP contribution in [0.1, 0.15) is 21.5 Å². The fourth-order valence-electron chi connectivity index (χ4n) is 1.64. The number of carbonyl (C=O) groups excluding carboxylic acids is 1. The SMILES string of the molecule is Cc1ccc(F)c(C(=O)Nc2cnc(Br)c(C)c2)c1. The maximum absolute atomic E-state index is 13.6. The highest BCUT2D eigenvalue weighted by Crippen LogP contribution is 2.18.